The highest BCUT2D eigenvalue weighted by Crippen LogP contribution is 2.40. The first kappa shape index (κ1) is 11.5. The largest absolute Gasteiger partial charge is 0.508 e. The first-order valence-corrected chi connectivity index (χ1v) is 6.95. The van der Waals surface area contributed by atoms with Crippen molar-refractivity contribution in [2.45, 2.75) is 25.4 Å². The molecular formula is C17H15NO2. The number of amides is 1. The molecule has 1 aliphatic heterocycles. The Balaban J connectivity index is 1.71. The Kier molecular flexibility index (Phi) is 2.36. The lowest BCUT2D eigenvalue weighted by Gasteiger charge is -2.24. The molecule has 2 aromatic rings. The maximum absolute atomic E-state index is 12.5. The van der Waals surface area contributed by atoms with Gasteiger partial charge in [0.25, 0.3) is 5.91 Å². The number of phenolic OH excluding ortho intramolecular Hbond substituents is 1. The van der Waals surface area contributed by atoms with Crippen LogP contribution in [-0.2, 0) is 13.0 Å². The predicted molar refractivity (Wildman–Crippen MR) is 75.5 cm³/mol. The Morgan fingerprint density at radius 2 is 1.95 bits per heavy atom. The number of carbonyl (C=O) groups excluding carboxylic acids is 1. The van der Waals surface area contributed by atoms with Gasteiger partial charge < -0.3 is 10.0 Å². The molecule has 3 nitrogen and oxygen atoms in total. The molecule has 1 atom stereocenters. The lowest BCUT2D eigenvalue weighted by Crippen LogP contribution is -2.27. The van der Waals surface area contributed by atoms with Crippen LogP contribution in [-0.4, -0.2) is 15.9 Å². The number of carbonyl (C=O) groups is 1. The highest BCUT2D eigenvalue weighted by Gasteiger charge is 2.36. The second-order valence-electron chi connectivity index (χ2n) is 5.53. The fourth-order valence-corrected chi connectivity index (χ4v) is 3.44. The number of nitrogens with zero attached hydrogens (tertiary/aromatic N) is 1. The highest BCUT2D eigenvalue weighted by atomic mass is 16.3. The molecule has 0 fully saturated rings. The monoisotopic (exact) mass is 265 g/mol. The minimum atomic E-state index is 0.0849. The molecule has 20 heavy (non-hydrogen) atoms. The molecule has 4 rings (SSSR count). The molecule has 0 bridgehead atoms. The molecule has 2 aliphatic rings. The summed E-state index contributed by atoms with van der Waals surface area (Å²) in [6, 6.07) is 13.6. The van der Waals surface area contributed by atoms with Gasteiger partial charge in [0, 0.05) is 12.1 Å². The molecule has 1 amide bonds. The molecule has 0 spiro atoms. The Bertz CT molecular complexity index is 708. The van der Waals surface area contributed by atoms with Crippen LogP contribution in [0.1, 0.15) is 39.5 Å². The van der Waals surface area contributed by atoms with Gasteiger partial charge in [0.1, 0.15) is 5.75 Å². The lowest BCUT2D eigenvalue weighted by molar-refractivity contribution is 0.0701. The molecule has 3 heteroatoms. The second kappa shape index (κ2) is 4.10. The summed E-state index contributed by atoms with van der Waals surface area (Å²) in [7, 11) is 0. The van der Waals surface area contributed by atoms with Crippen molar-refractivity contribution >= 4 is 5.91 Å². The van der Waals surface area contributed by atoms with Crippen molar-refractivity contribution in [3.05, 3.63) is 64.7 Å². The molecule has 1 heterocycles. The number of benzene rings is 2. The average molecular weight is 265 g/mol. The van der Waals surface area contributed by atoms with Gasteiger partial charge in [0.2, 0.25) is 0 Å². The first-order valence-electron chi connectivity index (χ1n) is 6.95. The number of aromatic hydroxyl groups is 1. The van der Waals surface area contributed by atoms with Gasteiger partial charge in [-0.15, -0.1) is 0 Å². The number of aryl methyl sites for hydroxylation is 1. The maximum Gasteiger partial charge on any atom is 0.255 e. The molecular weight excluding hydrogens is 250 g/mol. The molecule has 0 unspecified atom stereocenters. The lowest BCUT2D eigenvalue weighted by atomic mass is 10.1. The second-order valence-corrected chi connectivity index (χ2v) is 5.53. The van der Waals surface area contributed by atoms with Crippen molar-refractivity contribution < 1.29 is 9.90 Å². The molecule has 0 radical (unpaired) electrons. The van der Waals surface area contributed by atoms with Gasteiger partial charge in [0.05, 0.1) is 6.04 Å². The number of hydrogen-bond acceptors (Lipinski definition) is 2. The number of rotatable bonds is 1. The van der Waals surface area contributed by atoms with E-state index in [4.69, 9.17) is 0 Å². The number of fused-ring (bicyclic) bond motifs is 2. The van der Waals surface area contributed by atoms with E-state index in [9.17, 15) is 9.90 Å². The van der Waals surface area contributed by atoms with Crippen LogP contribution in [0, 0.1) is 0 Å². The van der Waals surface area contributed by atoms with Gasteiger partial charge >= 0.3 is 0 Å². The third kappa shape index (κ3) is 1.56. The normalized spacial score (nSPS) is 20.1. The Labute approximate surface area is 117 Å². The molecule has 2 aromatic carbocycles. The van der Waals surface area contributed by atoms with Crippen molar-refractivity contribution in [1.82, 2.24) is 4.90 Å². The van der Waals surface area contributed by atoms with E-state index in [1.165, 1.54) is 11.1 Å². The molecule has 0 aromatic heterocycles. The van der Waals surface area contributed by atoms with E-state index < -0.39 is 0 Å². The quantitative estimate of drug-likeness (QED) is 0.861. The predicted octanol–water partition coefficient (Wildman–Crippen LogP) is 3.04. The maximum atomic E-state index is 12.5. The van der Waals surface area contributed by atoms with E-state index >= 15 is 0 Å². The minimum Gasteiger partial charge on any atom is -0.508 e. The van der Waals surface area contributed by atoms with Crippen LogP contribution in [0.4, 0.5) is 0 Å². The van der Waals surface area contributed by atoms with Crippen LogP contribution in [0.15, 0.2) is 42.5 Å². The minimum absolute atomic E-state index is 0.0849. The van der Waals surface area contributed by atoms with E-state index in [-0.39, 0.29) is 17.7 Å². The summed E-state index contributed by atoms with van der Waals surface area (Å²) in [4.78, 5) is 14.5. The molecule has 100 valence electrons. The van der Waals surface area contributed by atoms with Crippen molar-refractivity contribution in [3.8, 4) is 5.75 Å². The highest BCUT2D eigenvalue weighted by molar-refractivity contribution is 5.98. The Morgan fingerprint density at radius 3 is 2.85 bits per heavy atom. The average Bonchev–Trinajstić information content (AvgIpc) is 3.00. The Morgan fingerprint density at radius 1 is 1.10 bits per heavy atom. The number of hydrogen-bond donors (Lipinski definition) is 1. The van der Waals surface area contributed by atoms with Crippen LogP contribution >= 0.6 is 0 Å². The third-order valence-electron chi connectivity index (χ3n) is 4.40. The summed E-state index contributed by atoms with van der Waals surface area (Å²) in [6.45, 7) is 0.599. The van der Waals surface area contributed by atoms with Crippen LogP contribution in [0.2, 0.25) is 0 Å². The molecule has 1 aliphatic carbocycles. The van der Waals surface area contributed by atoms with Gasteiger partial charge in [-0.05, 0) is 47.7 Å². The van der Waals surface area contributed by atoms with E-state index in [0.717, 1.165) is 24.0 Å². The van der Waals surface area contributed by atoms with Crippen molar-refractivity contribution in [2.24, 2.45) is 0 Å². The summed E-state index contributed by atoms with van der Waals surface area (Å²) in [5.74, 6) is 0.312. The van der Waals surface area contributed by atoms with Crippen LogP contribution in [0.3, 0.4) is 0 Å². The van der Waals surface area contributed by atoms with Gasteiger partial charge in [-0.1, -0.05) is 24.3 Å². The summed E-state index contributed by atoms with van der Waals surface area (Å²) < 4.78 is 0. The summed E-state index contributed by atoms with van der Waals surface area (Å²) >= 11 is 0. The third-order valence-corrected chi connectivity index (χ3v) is 4.40. The van der Waals surface area contributed by atoms with Crippen LogP contribution < -0.4 is 0 Å². The summed E-state index contributed by atoms with van der Waals surface area (Å²) in [5, 5.41) is 9.56. The SMILES string of the molecule is O=C1c2ccc(O)cc2CN1[C@H]1CCc2ccccc21. The zero-order valence-electron chi connectivity index (χ0n) is 11.0. The molecule has 0 saturated carbocycles. The van der Waals surface area contributed by atoms with E-state index in [1.807, 2.05) is 11.0 Å². The van der Waals surface area contributed by atoms with E-state index in [2.05, 4.69) is 18.2 Å². The van der Waals surface area contributed by atoms with Gasteiger partial charge in [-0.3, -0.25) is 4.79 Å². The van der Waals surface area contributed by atoms with Gasteiger partial charge in [-0.2, -0.15) is 0 Å². The van der Waals surface area contributed by atoms with Crippen molar-refractivity contribution in [3.63, 3.8) is 0 Å². The van der Waals surface area contributed by atoms with E-state index in [1.54, 1.807) is 18.2 Å². The van der Waals surface area contributed by atoms with Crippen LogP contribution in [0.25, 0.3) is 0 Å². The van der Waals surface area contributed by atoms with Gasteiger partial charge in [0.15, 0.2) is 0 Å². The smallest absolute Gasteiger partial charge is 0.255 e. The molecule has 1 N–H and O–H groups in total. The van der Waals surface area contributed by atoms with Crippen LogP contribution in [0.5, 0.6) is 5.75 Å². The fraction of sp³-hybridized carbons (Fsp3) is 0.235. The zero-order valence-corrected chi connectivity index (χ0v) is 11.0. The van der Waals surface area contributed by atoms with E-state index in [0.29, 0.717) is 6.54 Å². The fourth-order valence-electron chi connectivity index (χ4n) is 3.44. The molecule has 0 saturated heterocycles. The van der Waals surface area contributed by atoms with Crippen molar-refractivity contribution in [2.75, 3.05) is 0 Å². The van der Waals surface area contributed by atoms with Crippen molar-refractivity contribution in [1.29, 1.82) is 0 Å². The Hall–Kier alpha value is -2.29. The van der Waals surface area contributed by atoms with Gasteiger partial charge in [-0.25, -0.2) is 0 Å². The number of phenols is 1. The summed E-state index contributed by atoms with van der Waals surface area (Å²) in [5.41, 5.74) is 4.29. The zero-order chi connectivity index (χ0) is 13.7. The topological polar surface area (TPSA) is 40.5 Å². The summed E-state index contributed by atoms with van der Waals surface area (Å²) in [6.07, 6.45) is 2.03. The first-order chi connectivity index (χ1) is 9.74. The standard InChI is InChI=1S/C17H15NO2/c19-13-6-7-15-12(9-13)10-18(17(15)20)16-8-5-11-3-1-2-4-14(11)16/h1-4,6-7,9,16,19H,5,8,10H2/t16-/m0/s1.